The molecule has 1 aliphatic heterocycles. The summed E-state index contributed by atoms with van der Waals surface area (Å²) in [6.07, 6.45) is 2.05. The average molecular weight is 238 g/mol. The average Bonchev–Trinajstić information content (AvgIpc) is 2.28. The highest BCUT2D eigenvalue weighted by molar-refractivity contribution is 6.32. The molecule has 3 heteroatoms. The molecule has 0 aliphatic carbocycles. The first-order valence-electron chi connectivity index (χ1n) is 5.66. The van der Waals surface area contributed by atoms with Crippen LogP contribution < -0.4 is 4.90 Å². The van der Waals surface area contributed by atoms with Gasteiger partial charge in [0.15, 0.2) is 0 Å². The Hall–Kier alpha value is -1.02. The molecular weight excluding hydrogens is 222 g/mol. The lowest BCUT2D eigenvalue weighted by Crippen LogP contribution is -2.45. The number of rotatable bonds is 1. The predicted molar refractivity (Wildman–Crippen MR) is 67.0 cm³/mol. The molecule has 1 aromatic carbocycles. The Labute approximate surface area is 101 Å². The Balaban J connectivity index is 2.40. The van der Waals surface area contributed by atoms with E-state index in [-0.39, 0.29) is 11.9 Å². The topological polar surface area (TPSA) is 20.3 Å². The summed E-state index contributed by atoms with van der Waals surface area (Å²) in [5.41, 5.74) is 2.27. The van der Waals surface area contributed by atoms with Gasteiger partial charge in [0, 0.05) is 11.7 Å². The molecular formula is C13H16ClNO. The van der Waals surface area contributed by atoms with Gasteiger partial charge < -0.3 is 4.90 Å². The van der Waals surface area contributed by atoms with Crippen molar-refractivity contribution < 1.29 is 4.79 Å². The van der Waals surface area contributed by atoms with Crippen molar-refractivity contribution in [1.82, 2.24) is 0 Å². The number of alkyl halides is 1. The van der Waals surface area contributed by atoms with Crippen LogP contribution in [0.4, 0.5) is 5.69 Å². The van der Waals surface area contributed by atoms with E-state index in [0.29, 0.717) is 0 Å². The van der Waals surface area contributed by atoms with Gasteiger partial charge in [-0.15, -0.1) is 11.6 Å². The van der Waals surface area contributed by atoms with E-state index in [1.165, 1.54) is 5.56 Å². The summed E-state index contributed by atoms with van der Waals surface area (Å²) in [6, 6.07) is 8.31. The highest BCUT2D eigenvalue weighted by Crippen LogP contribution is 2.31. The van der Waals surface area contributed by atoms with Crippen LogP contribution in [0.3, 0.4) is 0 Å². The van der Waals surface area contributed by atoms with Crippen LogP contribution in [0.5, 0.6) is 0 Å². The molecule has 1 heterocycles. The Kier molecular flexibility index (Phi) is 3.20. The summed E-state index contributed by atoms with van der Waals surface area (Å²) in [7, 11) is 0. The van der Waals surface area contributed by atoms with Gasteiger partial charge in [0.1, 0.15) is 5.38 Å². The second-order valence-electron chi connectivity index (χ2n) is 4.34. The second-order valence-corrected chi connectivity index (χ2v) is 5.00. The largest absolute Gasteiger partial charge is 0.308 e. The van der Waals surface area contributed by atoms with Gasteiger partial charge in [-0.05, 0) is 38.3 Å². The standard InChI is InChI=1S/C13H16ClNO/c1-9-7-8-11-5-3-4-6-12(11)15(9)13(16)10(2)14/h3-6,9-10H,7-8H2,1-2H3/t9-,10+/m0/s1. The molecule has 0 bridgehead atoms. The summed E-state index contributed by atoms with van der Waals surface area (Å²) in [5.74, 6) is 0.00122. The highest BCUT2D eigenvalue weighted by atomic mass is 35.5. The summed E-state index contributed by atoms with van der Waals surface area (Å²) in [6.45, 7) is 3.81. The summed E-state index contributed by atoms with van der Waals surface area (Å²) in [5, 5.41) is -0.464. The maximum atomic E-state index is 12.1. The molecule has 86 valence electrons. The zero-order chi connectivity index (χ0) is 11.7. The molecule has 0 saturated heterocycles. The Morgan fingerprint density at radius 3 is 2.88 bits per heavy atom. The lowest BCUT2D eigenvalue weighted by Gasteiger charge is -2.36. The SMILES string of the molecule is C[C@@H](Cl)C(=O)N1c2ccccc2CC[C@@H]1C. The fourth-order valence-corrected chi connectivity index (χ4v) is 2.32. The molecule has 2 atom stereocenters. The first kappa shape index (κ1) is 11.5. The third-order valence-corrected chi connectivity index (χ3v) is 3.29. The minimum absolute atomic E-state index is 0.00122. The third-order valence-electron chi connectivity index (χ3n) is 3.10. The van der Waals surface area contributed by atoms with E-state index in [9.17, 15) is 4.79 Å². The number of para-hydroxylation sites is 1. The van der Waals surface area contributed by atoms with E-state index in [0.717, 1.165) is 18.5 Å². The lowest BCUT2D eigenvalue weighted by atomic mass is 9.96. The van der Waals surface area contributed by atoms with Crippen molar-refractivity contribution in [3.63, 3.8) is 0 Å². The molecule has 0 unspecified atom stereocenters. The molecule has 0 fully saturated rings. The Bertz CT molecular complexity index is 403. The predicted octanol–water partition coefficient (Wildman–Crippen LogP) is 2.98. The summed E-state index contributed by atoms with van der Waals surface area (Å²) < 4.78 is 0. The number of carbonyl (C=O) groups is 1. The Morgan fingerprint density at radius 1 is 1.50 bits per heavy atom. The maximum Gasteiger partial charge on any atom is 0.245 e. The first-order chi connectivity index (χ1) is 7.61. The Morgan fingerprint density at radius 2 is 2.19 bits per heavy atom. The van der Waals surface area contributed by atoms with Crippen molar-refractivity contribution in [3.05, 3.63) is 29.8 Å². The van der Waals surface area contributed by atoms with E-state index in [4.69, 9.17) is 11.6 Å². The molecule has 0 saturated carbocycles. The van der Waals surface area contributed by atoms with Crippen LogP contribution in [0.25, 0.3) is 0 Å². The van der Waals surface area contributed by atoms with Crippen molar-refractivity contribution in [2.24, 2.45) is 0 Å². The molecule has 0 spiro atoms. The number of fused-ring (bicyclic) bond motifs is 1. The minimum Gasteiger partial charge on any atom is -0.308 e. The maximum absolute atomic E-state index is 12.1. The van der Waals surface area contributed by atoms with E-state index in [2.05, 4.69) is 13.0 Å². The number of anilines is 1. The van der Waals surface area contributed by atoms with Crippen LogP contribution in [-0.2, 0) is 11.2 Å². The highest BCUT2D eigenvalue weighted by Gasteiger charge is 2.29. The molecule has 1 amide bonds. The third kappa shape index (κ3) is 1.94. The lowest BCUT2D eigenvalue weighted by molar-refractivity contribution is -0.118. The molecule has 2 nitrogen and oxygen atoms in total. The number of hydrogen-bond donors (Lipinski definition) is 0. The number of hydrogen-bond acceptors (Lipinski definition) is 1. The van der Waals surface area contributed by atoms with Crippen molar-refractivity contribution in [2.45, 2.75) is 38.1 Å². The molecule has 0 N–H and O–H groups in total. The molecule has 16 heavy (non-hydrogen) atoms. The summed E-state index contributed by atoms with van der Waals surface area (Å²) >= 11 is 5.90. The van der Waals surface area contributed by atoms with Gasteiger partial charge in [0.05, 0.1) is 0 Å². The zero-order valence-electron chi connectivity index (χ0n) is 9.61. The van der Waals surface area contributed by atoms with Crippen molar-refractivity contribution in [3.8, 4) is 0 Å². The van der Waals surface area contributed by atoms with Gasteiger partial charge in [-0.25, -0.2) is 0 Å². The molecule has 1 aromatic rings. The monoisotopic (exact) mass is 237 g/mol. The number of benzene rings is 1. The fourth-order valence-electron chi connectivity index (χ4n) is 2.22. The van der Waals surface area contributed by atoms with Crippen LogP contribution in [0.1, 0.15) is 25.8 Å². The minimum atomic E-state index is -0.464. The van der Waals surface area contributed by atoms with E-state index < -0.39 is 5.38 Å². The number of aryl methyl sites for hydroxylation is 1. The van der Waals surface area contributed by atoms with Crippen LogP contribution in [0.2, 0.25) is 0 Å². The molecule has 2 rings (SSSR count). The van der Waals surface area contributed by atoms with Gasteiger partial charge in [-0.1, -0.05) is 18.2 Å². The zero-order valence-corrected chi connectivity index (χ0v) is 10.4. The van der Waals surface area contributed by atoms with Crippen LogP contribution >= 0.6 is 11.6 Å². The van der Waals surface area contributed by atoms with Gasteiger partial charge in [-0.2, -0.15) is 0 Å². The number of nitrogens with zero attached hydrogens (tertiary/aromatic N) is 1. The number of halogens is 1. The fraction of sp³-hybridized carbons (Fsp3) is 0.462. The molecule has 0 aromatic heterocycles. The molecule has 1 aliphatic rings. The van der Waals surface area contributed by atoms with Gasteiger partial charge in [-0.3, -0.25) is 4.79 Å². The first-order valence-corrected chi connectivity index (χ1v) is 6.10. The second kappa shape index (κ2) is 4.46. The van der Waals surface area contributed by atoms with Crippen molar-refractivity contribution in [1.29, 1.82) is 0 Å². The van der Waals surface area contributed by atoms with Crippen molar-refractivity contribution in [2.75, 3.05) is 4.90 Å². The quantitative estimate of drug-likeness (QED) is 0.688. The van der Waals surface area contributed by atoms with Crippen LogP contribution in [0, 0.1) is 0 Å². The van der Waals surface area contributed by atoms with Gasteiger partial charge >= 0.3 is 0 Å². The smallest absolute Gasteiger partial charge is 0.245 e. The van der Waals surface area contributed by atoms with E-state index in [1.807, 2.05) is 23.1 Å². The number of carbonyl (C=O) groups excluding carboxylic acids is 1. The normalized spacial score (nSPS) is 21.4. The van der Waals surface area contributed by atoms with Gasteiger partial charge in [0.25, 0.3) is 0 Å². The van der Waals surface area contributed by atoms with Crippen LogP contribution in [-0.4, -0.2) is 17.3 Å². The number of amides is 1. The van der Waals surface area contributed by atoms with E-state index >= 15 is 0 Å². The molecule has 0 radical (unpaired) electrons. The van der Waals surface area contributed by atoms with Crippen molar-refractivity contribution >= 4 is 23.2 Å². The summed E-state index contributed by atoms with van der Waals surface area (Å²) in [4.78, 5) is 13.9. The van der Waals surface area contributed by atoms with Gasteiger partial charge in [0.2, 0.25) is 5.91 Å². The van der Waals surface area contributed by atoms with Crippen LogP contribution in [0.15, 0.2) is 24.3 Å². The van der Waals surface area contributed by atoms with E-state index in [1.54, 1.807) is 6.92 Å².